The zero-order valence-corrected chi connectivity index (χ0v) is 13.7. The minimum atomic E-state index is -0.437. The number of rotatable bonds is 4. The largest absolute Gasteiger partial charge is 0.297 e. The van der Waals surface area contributed by atoms with Crippen molar-refractivity contribution < 1.29 is 9.18 Å². The Bertz CT molecular complexity index is 532. The van der Waals surface area contributed by atoms with E-state index in [1.54, 1.807) is 0 Å². The van der Waals surface area contributed by atoms with Gasteiger partial charge in [0.2, 0.25) is 0 Å². The zero-order valence-electron chi connectivity index (χ0n) is 13.0. The Balaban J connectivity index is 2.25. The standard InChI is InChI=1S/C17H23ClFNO/c1-12-5-4-8-17(11-12,20(2)3)16(21)10-13-9-14(19)6-7-15(13)18/h6-7,9,12H,4-5,8,10-11H2,1-3H3. The van der Waals surface area contributed by atoms with E-state index < -0.39 is 5.54 Å². The Hall–Kier alpha value is -0.930. The van der Waals surface area contributed by atoms with Gasteiger partial charge in [0.1, 0.15) is 5.82 Å². The summed E-state index contributed by atoms with van der Waals surface area (Å²) in [5.41, 5.74) is 0.147. The normalized spacial score (nSPS) is 26.1. The average molecular weight is 312 g/mol. The van der Waals surface area contributed by atoms with Crippen molar-refractivity contribution in [3.05, 3.63) is 34.6 Å². The van der Waals surface area contributed by atoms with Gasteiger partial charge < -0.3 is 0 Å². The molecule has 4 heteroatoms. The van der Waals surface area contributed by atoms with Gasteiger partial charge in [0.15, 0.2) is 5.78 Å². The van der Waals surface area contributed by atoms with Gasteiger partial charge in [-0.25, -0.2) is 4.39 Å². The van der Waals surface area contributed by atoms with Crippen LogP contribution in [-0.4, -0.2) is 30.3 Å². The van der Waals surface area contributed by atoms with Crippen LogP contribution in [0.2, 0.25) is 5.02 Å². The maximum atomic E-state index is 13.4. The molecule has 0 aliphatic heterocycles. The van der Waals surface area contributed by atoms with Crippen LogP contribution in [0.15, 0.2) is 18.2 Å². The monoisotopic (exact) mass is 311 g/mol. The van der Waals surface area contributed by atoms with Gasteiger partial charge in [-0.3, -0.25) is 9.69 Å². The lowest BCUT2D eigenvalue weighted by Gasteiger charge is -2.44. The fourth-order valence-electron chi connectivity index (χ4n) is 3.45. The number of carbonyl (C=O) groups excluding carboxylic acids is 1. The van der Waals surface area contributed by atoms with Gasteiger partial charge in [-0.05, 0) is 56.6 Å². The van der Waals surface area contributed by atoms with Crippen LogP contribution in [-0.2, 0) is 11.2 Å². The molecule has 0 saturated heterocycles. The van der Waals surface area contributed by atoms with Crippen LogP contribution in [0.25, 0.3) is 0 Å². The lowest BCUT2D eigenvalue weighted by atomic mass is 9.72. The molecule has 2 rings (SSSR count). The second-order valence-electron chi connectivity index (χ2n) is 6.46. The predicted octanol–water partition coefficient (Wildman–Crippen LogP) is 4.10. The van der Waals surface area contributed by atoms with Crippen molar-refractivity contribution in [2.75, 3.05) is 14.1 Å². The molecule has 2 atom stereocenters. The summed E-state index contributed by atoms with van der Waals surface area (Å²) in [6, 6.07) is 4.21. The molecule has 1 fully saturated rings. The van der Waals surface area contributed by atoms with Gasteiger partial charge in [0.25, 0.3) is 0 Å². The highest BCUT2D eigenvalue weighted by Crippen LogP contribution is 2.37. The number of carbonyl (C=O) groups is 1. The number of halogens is 2. The van der Waals surface area contributed by atoms with Crippen LogP contribution >= 0.6 is 11.6 Å². The second-order valence-corrected chi connectivity index (χ2v) is 6.87. The third-order valence-corrected chi connectivity index (χ3v) is 5.08. The first kappa shape index (κ1) is 16.4. The van der Waals surface area contributed by atoms with E-state index in [-0.39, 0.29) is 18.0 Å². The molecule has 0 heterocycles. The van der Waals surface area contributed by atoms with Crippen LogP contribution in [0.4, 0.5) is 4.39 Å². The molecule has 2 unspecified atom stereocenters. The Morgan fingerprint density at radius 1 is 1.48 bits per heavy atom. The maximum Gasteiger partial charge on any atom is 0.157 e. The molecule has 0 aromatic heterocycles. The summed E-state index contributed by atoms with van der Waals surface area (Å²) in [5.74, 6) is 0.331. The van der Waals surface area contributed by atoms with E-state index in [1.165, 1.54) is 24.6 Å². The third-order valence-electron chi connectivity index (χ3n) is 4.71. The summed E-state index contributed by atoms with van der Waals surface area (Å²) in [6.07, 6.45) is 4.16. The smallest absolute Gasteiger partial charge is 0.157 e. The van der Waals surface area contributed by atoms with Gasteiger partial charge in [-0.15, -0.1) is 0 Å². The summed E-state index contributed by atoms with van der Waals surface area (Å²) >= 11 is 6.10. The molecule has 0 spiro atoms. The van der Waals surface area contributed by atoms with Crippen molar-refractivity contribution in [1.29, 1.82) is 0 Å². The molecule has 1 saturated carbocycles. The van der Waals surface area contributed by atoms with Crippen LogP contribution in [0.5, 0.6) is 0 Å². The molecule has 1 aromatic rings. The lowest BCUT2D eigenvalue weighted by molar-refractivity contribution is -0.132. The molecule has 0 bridgehead atoms. The number of likely N-dealkylation sites (N-methyl/N-ethyl adjacent to an activating group) is 1. The van der Waals surface area contributed by atoms with Crippen molar-refractivity contribution in [2.24, 2.45) is 5.92 Å². The molecule has 116 valence electrons. The summed E-state index contributed by atoms with van der Waals surface area (Å²) in [7, 11) is 3.92. The van der Waals surface area contributed by atoms with Crippen molar-refractivity contribution in [3.8, 4) is 0 Å². The van der Waals surface area contributed by atoms with E-state index in [4.69, 9.17) is 11.6 Å². The lowest BCUT2D eigenvalue weighted by Crippen LogP contribution is -2.54. The molecular weight excluding hydrogens is 289 g/mol. The highest BCUT2D eigenvalue weighted by molar-refractivity contribution is 6.31. The Labute approximate surface area is 131 Å². The number of hydrogen-bond donors (Lipinski definition) is 0. The molecule has 2 nitrogen and oxygen atoms in total. The highest BCUT2D eigenvalue weighted by atomic mass is 35.5. The highest BCUT2D eigenvalue weighted by Gasteiger charge is 2.43. The molecule has 0 N–H and O–H groups in total. The van der Waals surface area contributed by atoms with Crippen molar-refractivity contribution in [2.45, 2.75) is 44.6 Å². The molecule has 1 aliphatic carbocycles. The van der Waals surface area contributed by atoms with Crippen molar-refractivity contribution in [3.63, 3.8) is 0 Å². The summed E-state index contributed by atoms with van der Waals surface area (Å²) < 4.78 is 13.4. The van der Waals surface area contributed by atoms with Crippen LogP contribution in [0.1, 0.15) is 38.2 Å². The van der Waals surface area contributed by atoms with E-state index in [2.05, 4.69) is 6.92 Å². The van der Waals surface area contributed by atoms with E-state index in [0.29, 0.717) is 16.5 Å². The van der Waals surface area contributed by atoms with Crippen molar-refractivity contribution in [1.82, 2.24) is 4.90 Å². The molecular formula is C17H23ClFNO. The fourth-order valence-corrected chi connectivity index (χ4v) is 3.63. The quantitative estimate of drug-likeness (QED) is 0.834. The average Bonchev–Trinajstić information content (AvgIpc) is 2.42. The summed E-state index contributed by atoms with van der Waals surface area (Å²) in [6.45, 7) is 2.19. The SMILES string of the molecule is CC1CCCC(C(=O)Cc2cc(F)ccc2Cl)(N(C)C)C1. The number of benzene rings is 1. The van der Waals surface area contributed by atoms with Gasteiger partial charge in [-0.1, -0.05) is 31.4 Å². The van der Waals surface area contributed by atoms with Gasteiger partial charge in [-0.2, -0.15) is 0 Å². The number of hydrogen-bond acceptors (Lipinski definition) is 2. The first-order valence-electron chi connectivity index (χ1n) is 7.50. The van der Waals surface area contributed by atoms with E-state index in [9.17, 15) is 9.18 Å². The van der Waals surface area contributed by atoms with E-state index in [1.807, 2.05) is 19.0 Å². The Morgan fingerprint density at radius 2 is 2.19 bits per heavy atom. The summed E-state index contributed by atoms with van der Waals surface area (Å²) in [5, 5.41) is 0.461. The molecule has 1 aliphatic rings. The van der Waals surface area contributed by atoms with Crippen LogP contribution in [0, 0.1) is 11.7 Å². The number of Topliss-reactive ketones (excluding diaryl/α,β-unsaturated/α-hetero) is 1. The Morgan fingerprint density at radius 3 is 2.81 bits per heavy atom. The maximum absolute atomic E-state index is 13.4. The van der Waals surface area contributed by atoms with Crippen LogP contribution in [0.3, 0.4) is 0 Å². The predicted molar refractivity (Wildman–Crippen MR) is 84.2 cm³/mol. The second kappa shape index (κ2) is 6.45. The molecule has 0 amide bonds. The molecule has 0 radical (unpaired) electrons. The first-order valence-corrected chi connectivity index (χ1v) is 7.87. The first-order chi connectivity index (χ1) is 9.85. The molecule has 1 aromatic carbocycles. The number of ketones is 1. The fraction of sp³-hybridized carbons (Fsp3) is 0.588. The van der Waals surface area contributed by atoms with Crippen molar-refractivity contribution >= 4 is 17.4 Å². The third kappa shape index (κ3) is 3.46. The minimum absolute atomic E-state index is 0.145. The minimum Gasteiger partial charge on any atom is -0.297 e. The van der Waals surface area contributed by atoms with E-state index in [0.717, 1.165) is 19.3 Å². The van der Waals surface area contributed by atoms with Crippen LogP contribution < -0.4 is 0 Å². The Kier molecular flexibility index (Phi) is 5.05. The summed E-state index contributed by atoms with van der Waals surface area (Å²) in [4.78, 5) is 15.0. The topological polar surface area (TPSA) is 20.3 Å². The van der Waals surface area contributed by atoms with Gasteiger partial charge in [0, 0.05) is 11.4 Å². The number of nitrogens with zero attached hydrogens (tertiary/aromatic N) is 1. The molecule has 21 heavy (non-hydrogen) atoms. The van der Waals surface area contributed by atoms with Gasteiger partial charge >= 0.3 is 0 Å². The van der Waals surface area contributed by atoms with E-state index >= 15 is 0 Å². The van der Waals surface area contributed by atoms with Gasteiger partial charge in [0.05, 0.1) is 5.54 Å². The zero-order chi connectivity index (χ0) is 15.6.